The maximum atomic E-state index is 12.3. The van der Waals surface area contributed by atoms with Gasteiger partial charge in [0.2, 0.25) is 5.91 Å². The second kappa shape index (κ2) is 9.64. The molecule has 0 spiro atoms. The van der Waals surface area contributed by atoms with Gasteiger partial charge < -0.3 is 15.0 Å². The fourth-order valence-electron chi connectivity index (χ4n) is 3.07. The standard InChI is InChI=1S/C19H31N3O2/c1-4-22(17-8-6-5-7-9-17)15-19(23)20-12-18-14-21(10-11-24-18)13-16(2)3/h5-9,16,18H,4,10-15H2,1-3H3,(H,20,23). The van der Waals surface area contributed by atoms with Crippen molar-refractivity contribution in [1.29, 1.82) is 0 Å². The SMILES string of the molecule is CCN(CC(=O)NCC1CN(CC(C)C)CCO1)c1ccccc1. The van der Waals surface area contributed by atoms with E-state index in [9.17, 15) is 4.79 Å². The molecule has 1 atom stereocenters. The van der Waals surface area contributed by atoms with Crippen LogP contribution in [0.3, 0.4) is 0 Å². The van der Waals surface area contributed by atoms with Crippen molar-refractivity contribution < 1.29 is 9.53 Å². The third-order valence-corrected chi connectivity index (χ3v) is 4.21. The normalized spacial score (nSPS) is 18.6. The molecule has 0 aliphatic carbocycles. The molecule has 1 aliphatic heterocycles. The number of ether oxygens (including phenoxy) is 1. The van der Waals surface area contributed by atoms with Crippen molar-refractivity contribution in [1.82, 2.24) is 10.2 Å². The van der Waals surface area contributed by atoms with Crippen molar-refractivity contribution in [3.05, 3.63) is 30.3 Å². The van der Waals surface area contributed by atoms with Crippen LogP contribution in [0, 0.1) is 5.92 Å². The summed E-state index contributed by atoms with van der Waals surface area (Å²) in [4.78, 5) is 16.8. The van der Waals surface area contributed by atoms with E-state index in [0.717, 1.165) is 38.5 Å². The van der Waals surface area contributed by atoms with Crippen molar-refractivity contribution in [2.24, 2.45) is 5.92 Å². The number of rotatable bonds is 8. The molecular weight excluding hydrogens is 302 g/mol. The van der Waals surface area contributed by atoms with Crippen LogP contribution in [-0.2, 0) is 9.53 Å². The Bertz CT molecular complexity index is 493. The summed E-state index contributed by atoms with van der Waals surface area (Å²) in [5.74, 6) is 0.701. The number of likely N-dealkylation sites (N-methyl/N-ethyl adjacent to an activating group) is 1. The third-order valence-electron chi connectivity index (χ3n) is 4.21. The van der Waals surface area contributed by atoms with Crippen LogP contribution in [-0.4, -0.2) is 62.8 Å². The summed E-state index contributed by atoms with van der Waals surface area (Å²) in [5.41, 5.74) is 1.08. The van der Waals surface area contributed by atoms with Gasteiger partial charge in [-0.25, -0.2) is 0 Å². The van der Waals surface area contributed by atoms with Gasteiger partial charge in [-0.3, -0.25) is 9.69 Å². The maximum absolute atomic E-state index is 12.3. The van der Waals surface area contributed by atoms with Crippen molar-refractivity contribution in [3.8, 4) is 0 Å². The average Bonchev–Trinajstić information content (AvgIpc) is 2.58. The second-order valence-corrected chi connectivity index (χ2v) is 6.80. The zero-order valence-electron chi connectivity index (χ0n) is 15.2. The minimum absolute atomic E-state index is 0.0466. The van der Waals surface area contributed by atoms with Crippen molar-refractivity contribution in [2.45, 2.75) is 26.9 Å². The molecule has 134 valence electrons. The molecule has 1 heterocycles. The number of morpholine rings is 1. The number of anilines is 1. The summed E-state index contributed by atoms with van der Waals surface area (Å²) in [6.07, 6.45) is 0.0910. The van der Waals surface area contributed by atoms with Crippen molar-refractivity contribution in [3.63, 3.8) is 0 Å². The summed E-state index contributed by atoms with van der Waals surface area (Å²) in [5, 5.41) is 3.03. The van der Waals surface area contributed by atoms with E-state index in [2.05, 4.69) is 35.9 Å². The van der Waals surface area contributed by atoms with Gasteiger partial charge in [0.1, 0.15) is 0 Å². The summed E-state index contributed by atoms with van der Waals surface area (Å²) in [6, 6.07) is 10.0. The Labute approximate surface area is 146 Å². The van der Waals surface area contributed by atoms with Crippen LogP contribution in [0.4, 0.5) is 5.69 Å². The number of para-hydroxylation sites is 1. The van der Waals surface area contributed by atoms with E-state index >= 15 is 0 Å². The Hall–Kier alpha value is -1.59. The number of carbonyl (C=O) groups is 1. The van der Waals surface area contributed by atoms with E-state index in [4.69, 9.17) is 4.74 Å². The van der Waals surface area contributed by atoms with Gasteiger partial charge in [0, 0.05) is 38.4 Å². The van der Waals surface area contributed by atoms with Gasteiger partial charge >= 0.3 is 0 Å². The summed E-state index contributed by atoms with van der Waals surface area (Å²) < 4.78 is 5.79. The highest BCUT2D eigenvalue weighted by atomic mass is 16.5. The van der Waals surface area contributed by atoms with Gasteiger partial charge in [-0.05, 0) is 25.0 Å². The fourth-order valence-corrected chi connectivity index (χ4v) is 3.07. The van der Waals surface area contributed by atoms with E-state index < -0.39 is 0 Å². The minimum atomic E-state index is 0.0466. The lowest BCUT2D eigenvalue weighted by Gasteiger charge is -2.34. The molecule has 1 aromatic rings. The van der Waals surface area contributed by atoms with Gasteiger partial charge in [-0.1, -0.05) is 32.0 Å². The predicted octanol–water partition coefficient (Wildman–Crippen LogP) is 1.99. The summed E-state index contributed by atoms with van der Waals surface area (Å²) >= 11 is 0. The fraction of sp³-hybridized carbons (Fsp3) is 0.632. The Morgan fingerprint density at radius 1 is 1.38 bits per heavy atom. The molecule has 5 heteroatoms. The lowest BCUT2D eigenvalue weighted by Crippen LogP contribution is -2.49. The smallest absolute Gasteiger partial charge is 0.239 e. The molecule has 0 saturated carbocycles. The van der Waals surface area contributed by atoms with E-state index in [1.54, 1.807) is 0 Å². The van der Waals surface area contributed by atoms with Crippen LogP contribution in [0.5, 0.6) is 0 Å². The highest BCUT2D eigenvalue weighted by Gasteiger charge is 2.21. The van der Waals surface area contributed by atoms with Crippen LogP contribution in [0.15, 0.2) is 30.3 Å². The zero-order chi connectivity index (χ0) is 17.4. The number of nitrogens with one attached hydrogen (secondary N) is 1. The molecule has 0 radical (unpaired) electrons. The topological polar surface area (TPSA) is 44.8 Å². The Morgan fingerprint density at radius 3 is 2.79 bits per heavy atom. The first-order valence-electron chi connectivity index (χ1n) is 8.99. The van der Waals surface area contributed by atoms with E-state index in [-0.39, 0.29) is 12.0 Å². The minimum Gasteiger partial charge on any atom is -0.374 e. The number of hydrogen-bond donors (Lipinski definition) is 1. The molecular formula is C19H31N3O2. The largest absolute Gasteiger partial charge is 0.374 e. The average molecular weight is 333 g/mol. The third kappa shape index (κ3) is 6.13. The first-order chi connectivity index (χ1) is 11.6. The molecule has 1 aromatic carbocycles. The lowest BCUT2D eigenvalue weighted by molar-refractivity contribution is -0.121. The van der Waals surface area contributed by atoms with Crippen molar-refractivity contribution in [2.75, 3.05) is 50.8 Å². The summed E-state index contributed by atoms with van der Waals surface area (Å²) in [7, 11) is 0. The molecule has 5 nitrogen and oxygen atoms in total. The number of benzene rings is 1. The molecule has 0 aromatic heterocycles. The first kappa shape index (κ1) is 18.7. The number of nitrogens with zero attached hydrogens (tertiary/aromatic N) is 2. The van der Waals surface area contributed by atoms with Crippen LogP contribution in [0.2, 0.25) is 0 Å². The Kier molecular flexibility index (Phi) is 7.53. The van der Waals surface area contributed by atoms with Gasteiger partial charge in [-0.15, -0.1) is 0 Å². The Morgan fingerprint density at radius 2 is 2.12 bits per heavy atom. The predicted molar refractivity (Wildman–Crippen MR) is 98.4 cm³/mol. The molecule has 0 bridgehead atoms. The molecule has 1 saturated heterocycles. The van der Waals surface area contributed by atoms with Gasteiger partial charge in [-0.2, -0.15) is 0 Å². The zero-order valence-corrected chi connectivity index (χ0v) is 15.2. The molecule has 2 rings (SSSR count). The first-order valence-corrected chi connectivity index (χ1v) is 8.99. The molecule has 1 unspecified atom stereocenters. The second-order valence-electron chi connectivity index (χ2n) is 6.80. The van der Waals surface area contributed by atoms with Gasteiger partial charge in [0.15, 0.2) is 0 Å². The number of hydrogen-bond acceptors (Lipinski definition) is 4. The van der Waals surface area contributed by atoms with Crippen molar-refractivity contribution >= 4 is 11.6 Å². The Balaban J connectivity index is 1.76. The molecule has 1 N–H and O–H groups in total. The molecule has 1 amide bonds. The molecule has 24 heavy (non-hydrogen) atoms. The number of amides is 1. The number of carbonyl (C=O) groups excluding carboxylic acids is 1. The van der Waals surface area contributed by atoms with Crippen LogP contribution in [0.25, 0.3) is 0 Å². The summed E-state index contributed by atoms with van der Waals surface area (Å²) in [6.45, 7) is 12.0. The van der Waals surface area contributed by atoms with E-state index in [0.29, 0.717) is 19.0 Å². The van der Waals surface area contributed by atoms with Crippen LogP contribution >= 0.6 is 0 Å². The lowest BCUT2D eigenvalue weighted by atomic mass is 10.2. The monoisotopic (exact) mass is 333 g/mol. The molecule has 1 fully saturated rings. The van der Waals surface area contributed by atoms with E-state index in [1.807, 2.05) is 30.3 Å². The van der Waals surface area contributed by atoms with Crippen LogP contribution < -0.4 is 10.2 Å². The molecule has 1 aliphatic rings. The van der Waals surface area contributed by atoms with Gasteiger partial charge in [0.05, 0.1) is 19.3 Å². The highest BCUT2D eigenvalue weighted by molar-refractivity contribution is 5.81. The quantitative estimate of drug-likeness (QED) is 0.790. The maximum Gasteiger partial charge on any atom is 0.239 e. The van der Waals surface area contributed by atoms with Gasteiger partial charge in [0.25, 0.3) is 0 Å². The van der Waals surface area contributed by atoms with Crippen LogP contribution in [0.1, 0.15) is 20.8 Å². The van der Waals surface area contributed by atoms with E-state index in [1.165, 1.54) is 0 Å². The highest BCUT2D eigenvalue weighted by Crippen LogP contribution is 2.12.